The summed E-state index contributed by atoms with van der Waals surface area (Å²) >= 11 is 1.00. The van der Waals surface area contributed by atoms with Crippen LogP contribution in [0.25, 0.3) is 11.3 Å². The van der Waals surface area contributed by atoms with Crippen molar-refractivity contribution in [2.75, 3.05) is 0 Å². The number of carbonyl (C=O) groups is 1. The number of nitrogens with zero attached hydrogens (tertiary/aromatic N) is 1. The second kappa shape index (κ2) is 4.21. The van der Waals surface area contributed by atoms with Gasteiger partial charge < -0.3 is 5.11 Å². The van der Waals surface area contributed by atoms with Gasteiger partial charge in [-0.2, -0.15) is 0 Å². The number of benzene rings is 1. The molecule has 1 N–H and O–H groups in total. The summed E-state index contributed by atoms with van der Waals surface area (Å²) in [6.45, 7) is 1.68. The Morgan fingerprint density at radius 2 is 2.06 bits per heavy atom. The molecule has 1 aromatic carbocycles. The number of aromatic carboxylic acids is 1. The van der Waals surface area contributed by atoms with Gasteiger partial charge in [-0.3, -0.25) is 0 Å². The van der Waals surface area contributed by atoms with Crippen molar-refractivity contribution in [3.63, 3.8) is 0 Å². The Morgan fingerprint density at radius 1 is 1.35 bits per heavy atom. The first-order valence-corrected chi connectivity index (χ1v) is 5.47. The van der Waals surface area contributed by atoms with Gasteiger partial charge in [0.1, 0.15) is 0 Å². The molecule has 0 unspecified atom stereocenters. The second-order valence-corrected chi connectivity index (χ2v) is 4.56. The molecule has 0 amide bonds. The topological polar surface area (TPSA) is 50.2 Å². The van der Waals surface area contributed by atoms with Crippen molar-refractivity contribution in [3.05, 3.63) is 39.7 Å². The third kappa shape index (κ3) is 2.16. The van der Waals surface area contributed by atoms with Crippen molar-refractivity contribution in [3.8, 4) is 11.3 Å². The SMILES string of the molecule is Cc1sc(C(=O)O)nc1-c1ccc(F)c(F)c1. The van der Waals surface area contributed by atoms with E-state index in [-0.39, 0.29) is 5.01 Å². The van der Waals surface area contributed by atoms with Crippen LogP contribution in [0, 0.1) is 18.6 Å². The number of rotatable bonds is 2. The molecule has 0 atom stereocenters. The van der Waals surface area contributed by atoms with Gasteiger partial charge in [0.05, 0.1) is 5.69 Å². The van der Waals surface area contributed by atoms with E-state index in [0.717, 1.165) is 23.5 Å². The van der Waals surface area contributed by atoms with Crippen LogP contribution < -0.4 is 0 Å². The molecule has 0 saturated carbocycles. The molecule has 0 aliphatic heterocycles. The minimum atomic E-state index is -1.13. The molecule has 0 radical (unpaired) electrons. The molecule has 1 aromatic heterocycles. The Morgan fingerprint density at radius 3 is 2.59 bits per heavy atom. The van der Waals surface area contributed by atoms with Gasteiger partial charge in [-0.25, -0.2) is 18.6 Å². The monoisotopic (exact) mass is 255 g/mol. The number of halogens is 2. The molecular formula is C11H7F2NO2S. The summed E-state index contributed by atoms with van der Waals surface area (Å²) in [4.78, 5) is 15.3. The van der Waals surface area contributed by atoms with Gasteiger partial charge in [-0.1, -0.05) is 0 Å². The summed E-state index contributed by atoms with van der Waals surface area (Å²) in [5.74, 6) is -3.06. The predicted molar refractivity (Wildman–Crippen MR) is 59.2 cm³/mol. The Hall–Kier alpha value is -1.82. The summed E-state index contributed by atoms with van der Waals surface area (Å²) in [5.41, 5.74) is 0.733. The van der Waals surface area contributed by atoms with E-state index in [0.29, 0.717) is 16.1 Å². The first kappa shape index (κ1) is 11.7. The van der Waals surface area contributed by atoms with E-state index in [1.54, 1.807) is 6.92 Å². The highest BCUT2D eigenvalue weighted by Crippen LogP contribution is 2.28. The maximum atomic E-state index is 13.0. The molecule has 88 valence electrons. The largest absolute Gasteiger partial charge is 0.476 e. The summed E-state index contributed by atoms with van der Waals surface area (Å²) in [6, 6.07) is 3.36. The number of hydrogen-bond donors (Lipinski definition) is 1. The first-order valence-electron chi connectivity index (χ1n) is 4.65. The fourth-order valence-electron chi connectivity index (χ4n) is 1.40. The van der Waals surface area contributed by atoms with E-state index in [9.17, 15) is 13.6 Å². The lowest BCUT2D eigenvalue weighted by Gasteiger charge is -1.99. The van der Waals surface area contributed by atoms with Crippen LogP contribution in [0.1, 0.15) is 14.7 Å². The van der Waals surface area contributed by atoms with E-state index in [2.05, 4.69) is 4.98 Å². The minimum Gasteiger partial charge on any atom is -0.476 e. The van der Waals surface area contributed by atoms with Crippen LogP contribution >= 0.6 is 11.3 Å². The summed E-state index contributed by atoms with van der Waals surface area (Å²) in [5, 5.41) is 8.71. The molecule has 0 saturated heterocycles. The Kier molecular flexibility index (Phi) is 2.89. The average molecular weight is 255 g/mol. The lowest BCUT2D eigenvalue weighted by Crippen LogP contribution is -1.94. The van der Waals surface area contributed by atoms with Crippen molar-refractivity contribution < 1.29 is 18.7 Å². The number of aryl methyl sites for hydroxylation is 1. The molecule has 2 rings (SSSR count). The molecule has 6 heteroatoms. The molecule has 2 aromatic rings. The highest BCUT2D eigenvalue weighted by atomic mass is 32.1. The van der Waals surface area contributed by atoms with E-state index in [4.69, 9.17) is 5.11 Å². The number of thiazole rings is 1. The molecule has 3 nitrogen and oxygen atoms in total. The molecular weight excluding hydrogens is 248 g/mol. The van der Waals surface area contributed by atoms with Crippen molar-refractivity contribution in [2.45, 2.75) is 6.92 Å². The van der Waals surface area contributed by atoms with Gasteiger partial charge in [0, 0.05) is 10.4 Å². The highest BCUT2D eigenvalue weighted by molar-refractivity contribution is 7.13. The fraction of sp³-hybridized carbons (Fsp3) is 0.0909. The van der Waals surface area contributed by atoms with Crippen LogP contribution in [-0.4, -0.2) is 16.1 Å². The van der Waals surface area contributed by atoms with Crippen molar-refractivity contribution >= 4 is 17.3 Å². The number of carboxylic acid groups (broad SMARTS) is 1. The van der Waals surface area contributed by atoms with Crippen molar-refractivity contribution in [2.24, 2.45) is 0 Å². The lowest BCUT2D eigenvalue weighted by atomic mass is 10.1. The van der Waals surface area contributed by atoms with E-state index in [1.807, 2.05) is 0 Å². The predicted octanol–water partition coefficient (Wildman–Crippen LogP) is 3.09. The third-order valence-electron chi connectivity index (χ3n) is 2.17. The Labute approximate surface area is 99.4 Å². The minimum absolute atomic E-state index is 0.0674. The third-order valence-corrected chi connectivity index (χ3v) is 3.13. The second-order valence-electron chi connectivity index (χ2n) is 3.36. The van der Waals surface area contributed by atoms with E-state index in [1.165, 1.54) is 6.07 Å². The number of carboxylic acids is 1. The molecule has 0 aliphatic rings. The summed E-state index contributed by atoms with van der Waals surface area (Å²) in [6.07, 6.45) is 0. The maximum Gasteiger partial charge on any atom is 0.365 e. The zero-order valence-electron chi connectivity index (χ0n) is 8.70. The van der Waals surface area contributed by atoms with Gasteiger partial charge in [-0.05, 0) is 25.1 Å². The lowest BCUT2D eigenvalue weighted by molar-refractivity contribution is 0.0696. The number of aromatic nitrogens is 1. The maximum absolute atomic E-state index is 13.0. The van der Waals surface area contributed by atoms with Crippen molar-refractivity contribution in [1.82, 2.24) is 4.98 Å². The zero-order chi connectivity index (χ0) is 12.6. The van der Waals surface area contributed by atoms with Crippen LogP contribution in [0.2, 0.25) is 0 Å². The molecule has 0 bridgehead atoms. The van der Waals surface area contributed by atoms with Crippen molar-refractivity contribution in [1.29, 1.82) is 0 Å². The molecule has 17 heavy (non-hydrogen) atoms. The normalized spacial score (nSPS) is 10.5. The first-order chi connectivity index (χ1) is 7.99. The zero-order valence-corrected chi connectivity index (χ0v) is 9.52. The van der Waals surface area contributed by atoms with Gasteiger partial charge in [0.15, 0.2) is 11.6 Å². The number of hydrogen-bond acceptors (Lipinski definition) is 3. The molecule has 1 heterocycles. The molecule has 0 aliphatic carbocycles. The quantitative estimate of drug-likeness (QED) is 0.897. The van der Waals surface area contributed by atoms with Gasteiger partial charge in [-0.15, -0.1) is 11.3 Å². The van der Waals surface area contributed by atoms with E-state index >= 15 is 0 Å². The smallest absolute Gasteiger partial charge is 0.365 e. The Bertz CT molecular complexity index is 595. The van der Waals surface area contributed by atoms with Gasteiger partial charge >= 0.3 is 5.97 Å². The highest BCUT2D eigenvalue weighted by Gasteiger charge is 2.15. The molecule has 0 spiro atoms. The van der Waals surface area contributed by atoms with Gasteiger partial charge in [0.25, 0.3) is 0 Å². The van der Waals surface area contributed by atoms with Crippen LogP contribution in [0.5, 0.6) is 0 Å². The van der Waals surface area contributed by atoms with E-state index < -0.39 is 17.6 Å². The summed E-state index contributed by atoms with van der Waals surface area (Å²) < 4.78 is 25.8. The van der Waals surface area contributed by atoms with Crippen LogP contribution in [0.15, 0.2) is 18.2 Å². The Balaban J connectivity index is 2.52. The van der Waals surface area contributed by atoms with Crippen LogP contribution in [0.4, 0.5) is 8.78 Å². The van der Waals surface area contributed by atoms with Crippen LogP contribution in [-0.2, 0) is 0 Å². The standard InChI is InChI=1S/C11H7F2NO2S/c1-5-9(14-10(17-5)11(15)16)6-2-3-7(12)8(13)4-6/h2-4H,1H3,(H,15,16). The summed E-state index contributed by atoms with van der Waals surface area (Å²) in [7, 11) is 0. The fourth-order valence-corrected chi connectivity index (χ4v) is 2.17. The molecule has 0 fully saturated rings. The van der Waals surface area contributed by atoms with Gasteiger partial charge in [0.2, 0.25) is 5.01 Å². The average Bonchev–Trinajstić information content (AvgIpc) is 2.65. The van der Waals surface area contributed by atoms with Crippen LogP contribution in [0.3, 0.4) is 0 Å².